The van der Waals surface area contributed by atoms with Crippen molar-refractivity contribution in [2.75, 3.05) is 25.6 Å². The Labute approximate surface area is 119 Å². The van der Waals surface area contributed by atoms with Crippen molar-refractivity contribution in [3.8, 4) is 0 Å². The molecule has 2 atom stereocenters. The Hall–Kier alpha value is -1.39. The van der Waals surface area contributed by atoms with Gasteiger partial charge in [-0.25, -0.2) is 0 Å². The molecule has 2 unspecified atom stereocenters. The van der Waals surface area contributed by atoms with E-state index < -0.39 is 0 Å². The molecule has 4 nitrogen and oxygen atoms in total. The van der Waals surface area contributed by atoms with Crippen LogP contribution in [0.5, 0.6) is 0 Å². The molecule has 2 aliphatic heterocycles. The lowest BCUT2D eigenvalue weighted by atomic mass is 9.87. The minimum absolute atomic E-state index is 0.121. The Kier molecular flexibility index (Phi) is 4.03. The predicted octanol–water partition coefficient (Wildman–Crippen LogP) is 2.26. The number of ether oxygens (including phenoxy) is 1. The number of hydrogen-bond acceptors (Lipinski definition) is 3. The number of hydrogen-bond donors (Lipinski definition) is 2. The summed E-state index contributed by atoms with van der Waals surface area (Å²) in [5.74, 6) is 0.654. The maximum atomic E-state index is 11.4. The molecule has 108 valence electrons. The summed E-state index contributed by atoms with van der Waals surface area (Å²) in [6.45, 7) is 1.72. The molecule has 2 aliphatic rings. The quantitative estimate of drug-likeness (QED) is 0.889. The average Bonchev–Trinajstić information content (AvgIpc) is 2.49. The van der Waals surface area contributed by atoms with Gasteiger partial charge in [0.25, 0.3) is 0 Å². The van der Waals surface area contributed by atoms with Gasteiger partial charge in [-0.1, -0.05) is 12.1 Å². The zero-order valence-electron chi connectivity index (χ0n) is 11.9. The summed E-state index contributed by atoms with van der Waals surface area (Å²) in [6, 6.07) is 6.73. The normalized spacial score (nSPS) is 23.9. The fourth-order valence-corrected chi connectivity index (χ4v) is 3.30. The van der Waals surface area contributed by atoms with E-state index >= 15 is 0 Å². The summed E-state index contributed by atoms with van der Waals surface area (Å²) in [6.07, 6.45) is 3.78. The topological polar surface area (TPSA) is 50.4 Å². The van der Waals surface area contributed by atoms with E-state index in [9.17, 15) is 4.79 Å². The van der Waals surface area contributed by atoms with Gasteiger partial charge >= 0.3 is 0 Å². The van der Waals surface area contributed by atoms with Crippen molar-refractivity contribution < 1.29 is 9.53 Å². The van der Waals surface area contributed by atoms with Crippen molar-refractivity contribution in [3.63, 3.8) is 0 Å². The highest BCUT2D eigenvalue weighted by atomic mass is 16.5. The Morgan fingerprint density at radius 1 is 1.40 bits per heavy atom. The fourth-order valence-electron chi connectivity index (χ4n) is 3.30. The summed E-state index contributed by atoms with van der Waals surface area (Å²) >= 11 is 0. The molecule has 0 aromatic heterocycles. The van der Waals surface area contributed by atoms with Crippen LogP contribution in [0.25, 0.3) is 0 Å². The number of carbonyl (C=O) groups is 1. The SMILES string of the molecule is CNC(c1ccc2c(c1)CCC(=O)N2)C1CCCOC1. The lowest BCUT2D eigenvalue weighted by Crippen LogP contribution is -2.31. The molecule has 3 rings (SSSR count). The van der Waals surface area contributed by atoms with Crippen molar-refractivity contribution >= 4 is 11.6 Å². The first-order valence-corrected chi connectivity index (χ1v) is 7.45. The Balaban J connectivity index is 1.83. The third kappa shape index (κ3) is 2.72. The highest BCUT2D eigenvalue weighted by molar-refractivity contribution is 5.93. The monoisotopic (exact) mass is 274 g/mol. The van der Waals surface area contributed by atoms with E-state index in [1.165, 1.54) is 17.5 Å². The molecule has 1 amide bonds. The second-order valence-corrected chi connectivity index (χ2v) is 5.71. The second kappa shape index (κ2) is 5.94. The number of anilines is 1. The molecule has 0 aliphatic carbocycles. The molecule has 0 bridgehead atoms. The first kappa shape index (κ1) is 13.6. The van der Waals surface area contributed by atoms with Gasteiger partial charge in [0.05, 0.1) is 6.61 Å². The number of carbonyl (C=O) groups excluding carboxylic acids is 1. The van der Waals surface area contributed by atoms with Gasteiger partial charge < -0.3 is 15.4 Å². The van der Waals surface area contributed by atoms with Gasteiger partial charge in [0.2, 0.25) is 5.91 Å². The molecule has 2 N–H and O–H groups in total. The maximum absolute atomic E-state index is 11.4. The molecule has 1 saturated heterocycles. The largest absolute Gasteiger partial charge is 0.381 e. The van der Waals surface area contributed by atoms with Gasteiger partial charge in [-0.3, -0.25) is 4.79 Å². The standard InChI is InChI=1S/C16H22N2O2/c1-17-16(13-3-2-8-20-10-13)12-4-6-14-11(9-12)5-7-15(19)18-14/h4,6,9,13,16-17H,2-3,5,7-8,10H2,1H3,(H,18,19). The van der Waals surface area contributed by atoms with Crippen LogP contribution in [0.15, 0.2) is 18.2 Å². The van der Waals surface area contributed by atoms with E-state index in [2.05, 4.69) is 22.8 Å². The maximum Gasteiger partial charge on any atom is 0.224 e. The zero-order valence-corrected chi connectivity index (χ0v) is 11.9. The highest BCUT2D eigenvalue weighted by Crippen LogP contribution is 2.32. The predicted molar refractivity (Wildman–Crippen MR) is 78.7 cm³/mol. The molecule has 20 heavy (non-hydrogen) atoms. The van der Waals surface area contributed by atoms with E-state index in [4.69, 9.17) is 4.74 Å². The van der Waals surface area contributed by atoms with Crippen molar-refractivity contribution in [1.82, 2.24) is 5.32 Å². The zero-order chi connectivity index (χ0) is 13.9. The van der Waals surface area contributed by atoms with Gasteiger partial charge in [0, 0.05) is 30.7 Å². The van der Waals surface area contributed by atoms with Crippen LogP contribution in [0, 0.1) is 5.92 Å². The molecular formula is C16H22N2O2. The number of amides is 1. The fraction of sp³-hybridized carbons (Fsp3) is 0.562. The van der Waals surface area contributed by atoms with E-state index in [1.54, 1.807) is 0 Å². The lowest BCUT2D eigenvalue weighted by molar-refractivity contribution is -0.116. The average molecular weight is 274 g/mol. The Morgan fingerprint density at radius 2 is 2.30 bits per heavy atom. The molecule has 0 saturated carbocycles. The molecule has 1 fully saturated rings. The van der Waals surface area contributed by atoms with Gasteiger partial charge in [-0.2, -0.15) is 0 Å². The first-order chi connectivity index (χ1) is 9.78. The third-order valence-electron chi connectivity index (χ3n) is 4.36. The molecule has 1 aromatic rings. The van der Waals surface area contributed by atoms with Gasteiger partial charge in [-0.15, -0.1) is 0 Å². The smallest absolute Gasteiger partial charge is 0.224 e. The molecule has 0 spiro atoms. The van der Waals surface area contributed by atoms with Gasteiger partial charge in [0.15, 0.2) is 0 Å². The van der Waals surface area contributed by atoms with E-state index in [0.717, 1.165) is 31.7 Å². The molecule has 4 heteroatoms. The van der Waals surface area contributed by atoms with Crippen LogP contribution in [0.4, 0.5) is 5.69 Å². The van der Waals surface area contributed by atoms with Crippen LogP contribution in [-0.2, 0) is 16.0 Å². The van der Waals surface area contributed by atoms with Crippen LogP contribution < -0.4 is 10.6 Å². The van der Waals surface area contributed by atoms with Crippen LogP contribution >= 0.6 is 0 Å². The lowest BCUT2D eigenvalue weighted by Gasteiger charge is -2.31. The van der Waals surface area contributed by atoms with E-state index in [-0.39, 0.29) is 5.91 Å². The second-order valence-electron chi connectivity index (χ2n) is 5.71. The number of benzene rings is 1. The van der Waals surface area contributed by atoms with E-state index in [1.807, 2.05) is 13.1 Å². The van der Waals surface area contributed by atoms with Crippen LogP contribution in [0.2, 0.25) is 0 Å². The van der Waals surface area contributed by atoms with Crippen molar-refractivity contribution in [2.45, 2.75) is 31.7 Å². The van der Waals surface area contributed by atoms with Crippen molar-refractivity contribution in [2.24, 2.45) is 5.92 Å². The summed E-state index contributed by atoms with van der Waals surface area (Å²) in [5, 5.41) is 6.38. The number of rotatable bonds is 3. The molecule has 0 radical (unpaired) electrons. The van der Waals surface area contributed by atoms with Gasteiger partial charge in [-0.05, 0) is 43.5 Å². The van der Waals surface area contributed by atoms with Gasteiger partial charge in [0.1, 0.15) is 0 Å². The Bertz CT molecular complexity index is 495. The van der Waals surface area contributed by atoms with Crippen LogP contribution in [0.3, 0.4) is 0 Å². The summed E-state index contributed by atoms with van der Waals surface area (Å²) in [7, 11) is 2.01. The minimum Gasteiger partial charge on any atom is -0.381 e. The number of aryl methyl sites for hydroxylation is 1. The first-order valence-electron chi connectivity index (χ1n) is 7.45. The third-order valence-corrected chi connectivity index (χ3v) is 4.36. The van der Waals surface area contributed by atoms with Crippen LogP contribution in [-0.4, -0.2) is 26.2 Å². The van der Waals surface area contributed by atoms with E-state index in [0.29, 0.717) is 18.4 Å². The highest BCUT2D eigenvalue weighted by Gasteiger charge is 2.25. The number of fused-ring (bicyclic) bond motifs is 1. The summed E-state index contributed by atoms with van der Waals surface area (Å²) in [5.41, 5.74) is 3.52. The van der Waals surface area contributed by atoms with Crippen molar-refractivity contribution in [3.05, 3.63) is 29.3 Å². The minimum atomic E-state index is 0.121. The molecule has 2 heterocycles. The summed E-state index contributed by atoms with van der Waals surface area (Å²) < 4.78 is 5.62. The molecular weight excluding hydrogens is 252 g/mol. The Morgan fingerprint density at radius 3 is 3.05 bits per heavy atom. The number of nitrogens with one attached hydrogen (secondary N) is 2. The van der Waals surface area contributed by atoms with Crippen molar-refractivity contribution in [1.29, 1.82) is 0 Å². The van der Waals surface area contributed by atoms with Crippen LogP contribution in [0.1, 0.15) is 36.4 Å². The summed E-state index contributed by atoms with van der Waals surface area (Å²) in [4.78, 5) is 11.4. The molecule has 1 aromatic carbocycles.